The summed E-state index contributed by atoms with van der Waals surface area (Å²) >= 11 is 0. The molecule has 3 heteroatoms. The molecule has 1 aromatic rings. The Kier molecular flexibility index (Phi) is 3.35. The molecule has 0 atom stereocenters. The number of nitrogens with one attached hydrogen (secondary N) is 1. The maximum atomic E-state index is 8.96. The molecule has 0 aromatic heterocycles. The van der Waals surface area contributed by atoms with E-state index < -0.39 is 0 Å². The largest absolute Gasteiger partial charge is 0.496 e. The van der Waals surface area contributed by atoms with Crippen LogP contribution in [0.2, 0.25) is 0 Å². The van der Waals surface area contributed by atoms with Crippen LogP contribution in [0.4, 0.5) is 0 Å². The average Bonchev–Trinajstić information content (AvgIpc) is 3.10. The van der Waals surface area contributed by atoms with Crippen molar-refractivity contribution in [1.29, 1.82) is 5.26 Å². The third kappa shape index (κ3) is 2.78. The lowest BCUT2D eigenvalue weighted by atomic mass is 10.1. The zero-order valence-electron chi connectivity index (χ0n) is 10.4. The first kappa shape index (κ1) is 11.9. The van der Waals surface area contributed by atoms with Crippen molar-refractivity contribution >= 4 is 0 Å². The maximum absolute atomic E-state index is 8.96. The highest BCUT2D eigenvalue weighted by Crippen LogP contribution is 2.44. The summed E-state index contributed by atoms with van der Waals surface area (Å²) in [6, 6.07) is 8.56. The molecule has 90 valence electrons. The average molecular weight is 230 g/mol. The number of hydrogen-bond acceptors (Lipinski definition) is 3. The monoisotopic (exact) mass is 230 g/mol. The van der Waals surface area contributed by atoms with Gasteiger partial charge in [-0.15, -0.1) is 0 Å². The molecule has 0 aliphatic heterocycles. The Morgan fingerprint density at radius 1 is 1.47 bits per heavy atom. The van der Waals surface area contributed by atoms with Gasteiger partial charge in [-0.25, -0.2) is 0 Å². The number of aryl methyl sites for hydroxylation is 1. The molecule has 1 aliphatic rings. The molecule has 1 N–H and O–H groups in total. The van der Waals surface area contributed by atoms with Crippen molar-refractivity contribution in [1.82, 2.24) is 5.32 Å². The standard InChI is InChI=1S/C14H18N2O/c1-11-7-12(3-4-13(11)17-2)8-16-10-14(9-15)5-6-14/h3-4,7,16H,5-6,8,10H2,1-2H3. The number of nitriles is 1. The SMILES string of the molecule is COc1ccc(CNCC2(C#N)CC2)cc1C. The topological polar surface area (TPSA) is 45.0 Å². The summed E-state index contributed by atoms with van der Waals surface area (Å²) in [5.74, 6) is 0.921. The molecular weight excluding hydrogens is 212 g/mol. The van der Waals surface area contributed by atoms with E-state index in [2.05, 4.69) is 23.5 Å². The van der Waals surface area contributed by atoms with Gasteiger partial charge in [0.15, 0.2) is 0 Å². The van der Waals surface area contributed by atoms with Gasteiger partial charge in [-0.05, 0) is 37.0 Å². The molecule has 1 aliphatic carbocycles. The van der Waals surface area contributed by atoms with Gasteiger partial charge in [0.1, 0.15) is 5.75 Å². The van der Waals surface area contributed by atoms with Crippen molar-refractivity contribution in [3.8, 4) is 11.8 Å². The second-order valence-electron chi connectivity index (χ2n) is 4.80. The van der Waals surface area contributed by atoms with E-state index in [0.29, 0.717) is 0 Å². The van der Waals surface area contributed by atoms with E-state index in [1.54, 1.807) is 7.11 Å². The molecule has 1 aromatic carbocycles. The van der Waals surface area contributed by atoms with E-state index in [0.717, 1.165) is 37.2 Å². The van der Waals surface area contributed by atoms with Crippen LogP contribution < -0.4 is 10.1 Å². The summed E-state index contributed by atoms with van der Waals surface area (Å²) in [5, 5.41) is 12.3. The molecule has 0 radical (unpaired) electrons. The van der Waals surface area contributed by atoms with Gasteiger partial charge < -0.3 is 10.1 Å². The van der Waals surface area contributed by atoms with Gasteiger partial charge in [-0.3, -0.25) is 0 Å². The number of methoxy groups -OCH3 is 1. The third-order valence-electron chi connectivity index (χ3n) is 3.34. The Labute approximate surface area is 102 Å². The van der Waals surface area contributed by atoms with E-state index in [1.807, 2.05) is 13.0 Å². The molecule has 1 fully saturated rings. The highest BCUT2D eigenvalue weighted by Gasteiger charge is 2.42. The van der Waals surface area contributed by atoms with E-state index >= 15 is 0 Å². The minimum absolute atomic E-state index is 0.0679. The molecule has 0 saturated heterocycles. The molecule has 0 unspecified atom stereocenters. The number of hydrogen-bond donors (Lipinski definition) is 1. The Hall–Kier alpha value is -1.53. The van der Waals surface area contributed by atoms with Gasteiger partial charge in [0.25, 0.3) is 0 Å². The predicted octanol–water partition coefficient (Wildman–Crippen LogP) is 2.40. The molecule has 0 heterocycles. The van der Waals surface area contributed by atoms with Crippen LogP contribution in [0.1, 0.15) is 24.0 Å². The quantitative estimate of drug-likeness (QED) is 0.844. The van der Waals surface area contributed by atoms with Gasteiger partial charge in [0.2, 0.25) is 0 Å². The highest BCUT2D eigenvalue weighted by atomic mass is 16.5. The van der Waals surface area contributed by atoms with Crippen molar-refractivity contribution in [3.63, 3.8) is 0 Å². The normalized spacial score (nSPS) is 16.3. The molecular formula is C14H18N2O. The van der Waals surface area contributed by atoms with E-state index in [-0.39, 0.29) is 5.41 Å². The van der Waals surface area contributed by atoms with E-state index in [4.69, 9.17) is 10.00 Å². The number of nitrogens with zero attached hydrogens (tertiary/aromatic N) is 1. The van der Waals surface area contributed by atoms with Crippen LogP contribution in [-0.4, -0.2) is 13.7 Å². The minimum atomic E-state index is -0.0679. The number of benzene rings is 1. The third-order valence-corrected chi connectivity index (χ3v) is 3.34. The van der Waals surface area contributed by atoms with Crippen molar-refractivity contribution in [2.75, 3.05) is 13.7 Å². The summed E-state index contributed by atoms with van der Waals surface area (Å²) < 4.78 is 5.22. The van der Waals surface area contributed by atoms with E-state index in [9.17, 15) is 0 Å². The fourth-order valence-electron chi connectivity index (χ4n) is 1.98. The molecule has 1 saturated carbocycles. The maximum Gasteiger partial charge on any atom is 0.121 e. The van der Waals surface area contributed by atoms with Crippen LogP contribution in [0.25, 0.3) is 0 Å². The zero-order valence-corrected chi connectivity index (χ0v) is 10.4. The van der Waals surface area contributed by atoms with Crippen molar-refractivity contribution in [2.24, 2.45) is 5.41 Å². The van der Waals surface area contributed by atoms with Crippen LogP contribution in [-0.2, 0) is 6.54 Å². The molecule has 2 rings (SSSR count). The summed E-state index contributed by atoms with van der Waals surface area (Å²) in [6.07, 6.45) is 2.08. The Balaban J connectivity index is 1.87. The Morgan fingerprint density at radius 2 is 2.24 bits per heavy atom. The lowest BCUT2D eigenvalue weighted by Crippen LogP contribution is -2.22. The first-order chi connectivity index (χ1) is 8.19. The second kappa shape index (κ2) is 4.77. The van der Waals surface area contributed by atoms with Gasteiger partial charge >= 0.3 is 0 Å². The van der Waals surface area contributed by atoms with Crippen molar-refractivity contribution in [2.45, 2.75) is 26.3 Å². The second-order valence-corrected chi connectivity index (χ2v) is 4.80. The fourth-order valence-corrected chi connectivity index (χ4v) is 1.98. The summed E-state index contributed by atoms with van der Waals surface area (Å²) in [5.41, 5.74) is 2.31. The van der Waals surface area contributed by atoms with Gasteiger partial charge in [0, 0.05) is 13.1 Å². The Morgan fingerprint density at radius 3 is 2.76 bits per heavy atom. The molecule has 3 nitrogen and oxygen atoms in total. The Bertz CT molecular complexity index is 444. The zero-order chi connectivity index (χ0) is 12.3. The predicted molar refractivity (Wildman–Crippen MR) is 66.7 cm³/mol. The molecule has 0 spiro atoms. The smallest absolute Gasteiger partial charge is 0.121 e. The van der Waals surface area contributed by atoms with Crippen LogP contribution in [0.15, 0.2) is 18.2 Å². The van der Waals surface area contributed by atoms with Gasteiger partial charge in [-0.1, -0.05) is 12.1 Å². The summed E-state index contributed by atoms with van der Waals surface area (Å²) in [4.78, 5) is 0. The lowest BCUT2D eigenvalue weighted by Gasteiger charge is -2.10. The fraction of sp³-hybridized carbons (Fsp3) is 0.500. The summed E-state index contributed by atoms with van der Waals surface area (Å²) in [6.45, 7) is 3.66. The van der Waals surface area contributed by atoms with Gasteiger partial charge in [-0.2, -0.15) is 5.26 Å². The van der Waals surface area contributed by atoms with Crippen molar-refractivity contribution in [3.05, 3.63) is 29.3 Å². The highest BCUT2D eigenvalue weighted by molar-refractivity contribution is 5.36. The minimum Gasteiger partial charge on any atom is -0.496 e. The lowest BCUT2D eigenvalue weighted by molar-refractivity contribution is 0.411. The van der Waals surface area contributed by atoms with Crippen molar-refractivity contribution < 1.29 is 4.74 Å². The van der Waals surface area contributed by atoms with Crippen LogP contribution in [0, 0.1) is 23.7 Å². The first-order valence-electron chi connectivity index (χ1n) is 5.95. The number of ether oxygens (including phenoxy) is 1. The molecule has 0 amide bonds. The van der Waals surface area contributed by atoms with Crippen LogP contribution in [0.3, 0.4) is 0 Å². The van der Waals surface area contributed by atoms with Gasteiger partial charge in [0.05, 0.1) is 18.6 Å². The molecule has 17 heavy (non-hydrogen) atoms. The van der Waals surface area contributed by atoms with Crippen LogP contribution in [0.5, 0.6) is 5.75 Å². The first-order valence-corrected chi connectivity index (χ1v) is 5.95. The number of rotatable bonds is 5. The van der Waals surface area contributed by atoms with E-state index in [1.165, 1.54) is 5.56 Å². The van der Waals surface area contributed by atoms with Crippen LogP contribution >= 0.6 is 0 Å². The molecule has 0 bridgehead atoms. The summed E-state index contributed by atoms with van der Waals surface area (Å²) in [7, 11) is 1.68.